The molecule has 32 heavy (non-hydrogen) atoms. The topological polar surface area (TPSA) is 27.7 Å². The van der Waals surface area contributed by atoms with E-state index >= 15 is 0 Å². The fourth-order valence-corrected chi connectivity index (χ4v) is 4.78. The molecule has 2 fully saturated rings. The Hall–Kier alpha value is -1.82. The van der Waals surface area contributed by atoms with Crippen LogP contribution in [0.1, 0.15) is 75.3 Å². The van der Waals surface area contributed by atoms with Crippen LogP contribution in [0, 0.1) is 11.6 Å². The van der Waals surface area contributed by atoms with Crippen LogP contribution in [0.4, 0.5) is 8.78 Å². The summed E-state index contributed by atoms with van der Waals surface area (Å²) in [6.45, 7) is 5.66. The maximum absolute atomic E-state index is 15.0. The van der Waals surface area contributed by atoms with Gasteiger partial charge in [-0.2, -0.15) is 0 Å². The molecule has 2 aliphatic rings. The summed E-state index contributed by atoms with van der Waals surface area (Å²) < 4.78 is 47.3. The molecule has 0 saturated carbocycles. The zero-order valence-corrected chi connectivity index (χ0v) is 19.1. The van der Waals surface area contributed by atoms with Crippen molar-refractivity contribution < 1.29 is 23.0 Å². The van der Waals surface area contributed by atoms with Crippen molar-refractivity contribution in [1.82, 2.24) is 0 Å². The number of benzene rings is 2. The molecule has 0 radical (unpaired) electrons. The second-order valence-electron chi connectivity index (χ2n) is 9.05. The predicted molar refractivity (Wildman–Crippen MR) is 122 cm³/mol. The van der Waals surface area contributed by atoms with Crippen molar-refractivity contribution >= 4 is 0 Å². The van der Waals surface area contributed by atoms with Crippen molar-refractivity contribution in [2.75, 3.05) is 19.8 Å². The van der Waals surface area contributed by atoms with Gasteiger partial charge in [-0.05, 0) is 42.4 Å². The van der Waals surface area contributed by atoms with E-state index in [-0.39, 0.29) is 17.8 Å². The van der Waals surface area contributed by atoms with E-state index in [0.29, 0.717) is 36.4 Å². The van der Waals surface area contributed by atoms with Gasteiger partial charge in [-0.25, -0.2) is 8.78 Å². The predicted octanol–water partition coefficient (Wildman–Crippen LogP) is 6.95. The van der Waals surface area contributed by atoms with Gasteiger partial charge >= 0.3 is 0 Å². The first-order valence-electron chi connectivity index (χ1n) is 12.0. The van der Waals surface area contributed by atoms with Gasteiger partial charge in [-0.15, -0.1) is 0 Å². The number of rotatable bonds is 7. The maximum atomic E-state index is 15.0. The highest BCUT2D eigenvalue weighted by atomic mass is 19.2. The minimum Gasteiger partial charge on any atom is -0.378 e. The molecule has 2 heterocycles. The fourth-order valence-electron chi connectivity index (χ4n) is 4.78. The van der Waals surface area contributed by atoms with Gasteiger partial charge in [0.25, 0.3) is 0 Å². The van der Waals surface area contributed by atoms with E-state index in [1.165, 1.54) is 5.56 Å². The number of ether oxygens (including phenoxy) is 3. The van der Waals surface area contributed by atoms with Crippen LogP contribution < -0.4 is 0 Å². The summed E-state index contributed by atoms with van der Waals surface area (Å²) in [6, 6.07) is 11.1. The Morgan fingerprint density at radius 2 is 1.44 bits per heavy atom. The van der Waals surface area contributed by atoms with Gasteiger partial charge in [0.2, 0.25) is 0 Å². The van der Waals surface area contributed by atoms with E-state index in [0.717, 1.165) is 45.1 Å². The zero-order valence-electron chi connectivity index (χ0n) is 19.1. The number of halogens is 2. The molecule has 2 atom stereocenters. The molecule has 0 aliphatic carbocycles. The van der Waals surface area contributed by atoms with Crippen LogP contribution in [0.15, 0.2) is 36.4 Å². The quantitative estimate of drug-likeness (QED) is 0.462. The van der Waals surface area contributed by atoms with Crippen LogP contribution in [0.2, 0.25) is 0 Å². The van der Waals surface area contributed by atoms with Crippen LogP contribution >= 0.6 is 0 Å². The lowest BCUT2D eigenvalue weighted by Gasteiger charge is -2.30. The fraction of sp³-hybridized carbons (Fsp3) is 0.556. The van der Waals surface area contributed by atoms with E-state index < -0.39 is 11.6 Å². The van der Waals surface area contributed by atoms with Crippen LogP contribution in [0.5, 0.6) is 0 Å². The summed E-state index contributed by atoms with van der Waals surface area (Å²) in [4.78, 5) is 0. The lowest BCUT2D eigenvalue weighted by Crippen LogP contribution is -2.31. The average molecular weight is 445 g/mol. The number of hydrogen-bond acceptors (Lipinski definition) is 3. The molecule has 0 N–H and O–H groups in total. The molecule has 2 saturated heterocycles. The number of hydrogen-bond donors (Lipinski definition) is 0. The minimum atomic E-state index is -0.811. The molecule has 2 aromatic carbocycles. The molecule has 4 rings (SSSR count). The molecule has 2 unspecified atom stereocenters. The van der Waals surface area contributed by atoms with E-state index in [1.807, 2.05) is 24.3 Å². The van der Waals surface area contributed by atoms with Crippen molar-refractivity contribution in [3.63, 3.8) is 0 Å². The zero-order chi connectivity index (χ0) is 22.5. The Labute approximate surface area is 190 Å². The lowest BCUT2D eigenvalue weighted by atomic mass is 9.89. The molecule has 174 valence electrons. The van der Waals surface area contributed by atoms with Crippen LogP contribution in [-0.4, -0.2) is 32.2 Å². The highest BCUT2D eigenvalue weighted by Gasteiger charge is 2.27. The molecular weight excluding hydrogens is 410 g/mol. The van der Waals surface area contributed by atoms with E-state index in [2.05, 4.69) is 13.8 Å². The first-order chi connectivity index (χ1) is 15.6. The maximum Gasteiger partial charge on any atom is 0.166 e. The third-order valence-corrected chi connectivity index (χ3v) is 6.72. The Kier molecular flexibility index (Phi) is 7.93. The summed E-state index contributed by atoms with van der Waals surface area (Å²) >= 11 is 0. The van der Waals surface area contributed by atoms with Crippen molar-refractivity contribution in [3.8, 4) is 11.1 Å². The van der Waals surface area contributed by atoms with Gasteiger partial charge in [0.15, 0.2) is 17.9 Å². The first-order valence-corrected chi connectivity index (χ1v) is 12.0. The summed E-state index contributed by atoms with van der Waals surface area (Å²) in [5.41, 5.74) is 2.47. The third kappa shape index (κ3) is 5.22. The van der Waals surface area contributed by atoms with Gasteiger partial charge < -0.3 is 14.2 Å². The van der Waals surface area contributed by atoms with E-state index in [9.17, 15) is 8.78 Å². The SMILES string of the molecule is CCCC1CCC(c2ccc(-c3ccc(C4COC(CCC)OC4)c(F)c3F)cc2)CO1. The Balaban J connectivity index is 1.43. The smallest absolute Gasteiger partial charge is 0.166 e. The second kappa shape index (κ2) is 10.9. The molecule has 0 spiro atoms. The standard InChI is InChI=1S/C27H34F2O3/c1-3-5-22-12-11-20(15-30-22)18-7-9-19(10-8-18)23-13-14-24(27(29)26(23)28)21-16-31-25(6-4-2)32-17-21/h7-10,13-14,20-22,25H,3-6,11-12,15-17H2,1-2H3. The highest BCUT2D eigenvalue weighted by molar-refractivity contribution is 5.65. The molecule has 0 aromatic heterocycles. The summed E-state index contributed by atoms with van der Waals surface area (Å²) in [7, 11) is 0. The summed E-state index contributed by atoms with van der Waals surface area (Å²) in [5, 5.41) is 0. The van der Waals surface area contributed by atoms with Crippen molar-refractivity contribution in [3.05, 3.63) is 59.2 Å². The summed E-state index contributed by atoms with van der Waals surface area (Å²) in [6.07, 6.45) is 6.35. The molecule has 2 aromatic rings. The average Bonchev–Trinajstić information content (AvgIpc) is 2.83. The van der Waals surface area contributed by atoms with E-state index in [1.54, 1.807) is 12.1 Å². The molecule has 2 aliphatic heterocycles. The minimum absolute atomic E-state index is 0.242. The van der Waals surface area contributed by atoms with Crippen molar-refractivity contribution in [2.45, 2.75) is 76.6 Å². The molecule has 3 nitrogen and oxygen atoms in total. The van der Waals surface area contributed by atoms with Crippen LogP contribution in [0.3, 0.4) is 0 Å². The molecular formula is C27H34F2O3. The van der Waals surface area contributed by atoms with Crippen molar-refractivity contribution in [2.24, 2.45) is 0 Å². The lowest BCUT2D eigenvalue weighted by molar-refractivity contribution is -0.190. The van der Waals surface area contributed by atoms with Gasteiger partial charge in [-0.1, -0.05) is 63.1 Å². The van der Waals surface area contributed by atoms with Gasteiger partial charge in [0.05, 0.1) is 25.9 Å². The highest BCUT2D eigenvalue weighted by Crippen LogP contribution is 2.34. The van der Waals surface area contributed by atoms with Crippen molar-refractivity contribution in [1.29, 1.82) is 0 Å². The Bertz CT molecular complexity index is 867. The van der Waals surface area contributed by atoms with Gasteiger partial charge in [0, 0.05) is 17.4 Å². The second-order valence-corrected chi connectivity index (χ2v) is 9.05. The van der Waals surface area contributed by atoms with Crippen LogP contribution in [-0.2, 0) is 14.2 Å². The monoisotopic (exact) mass is 444 g/mol. The Morgan fingerprint density at radius 1 is 0.750 bits per heavy atom. The largest absolute Gasteiger partial charge is 0.378 e. The van der Waals surface area contributed by atoms with Gasteiger partial charge in [-0.3, -0.25) is 0 Å². The van der Waals surface area contributed by atoms with Gasteiger partial charge in [0.1, 0.15) is 0 Å². The Morgan fingerprint density at radius 3 is 2.06 bits per heavy atom. The first kappa shape index (κ1) is 23.3. The molecule has 0 amide bonds. The van der Waals surface area contributed by atoms with Crippen LogP contribution in [0.25, 0.3) is 11.1 Å². The molecule has 0 bridgehead atoms. The third-order valence-electron chi connectivity index (χ3n) is 6.72. The van der Waals surface area contributed by atoms with E-state index in [4.69, 9.17) is 14.2 Å². The normalized spacial score (nSPS) is 26.2. The summed E-state index contributed by atoms with van der Waals surface area (Å²) in [5.74, 6) is -1.55. The molecule has 5 heteroatoms.